The molecule has 2 aromatic carbocycles. The number of carbonyl (C=O) groups is 1. The number of nitro groups is 1. The zero-order chi connectivity index (χ0) is 20.5. The molecule has 0 aromatic heterocycles. The highest BCUT2D eigenvalue weighted by molar-refractivity contribution is 5.90. The van der Waals surface area contributed by atoms with Gasteiger partial charge in [-0.05, 0) is 54.7 Å². The topological polar surface area (TPSA) is 90.7 Å². The molecule has 1 heterocycles. The van der Waals surface area contributed by atoms with Gasteiger partial charge in [0.25, 0.3) is 0 Å². The van der Waals surface area contributed by atoms with Crippen LogP contribution in [0.5, 0.6) is 5.75 Å². The minimum Gasteiger partial charge on any atom is -0.490 e. The zero-order valence-corrected chi connectivity index (χ0v) is 16.3. The lowest BCUT2D eigenvalue weighted by atomic mass is 9.76. The van der Waals surface area contributed by atoms with Crippen LogP contribution in [0.1, 0.15) is 46.8 Å². The minimum absolute atomic E-state index is 0.0437. The first kappa shape index (κ1) is 19.0. The third-order valence-corrected chi connectivity index (χ3v) is 5.63. The van der Waals surface area contributed by atoms with Crippen LogP contribution in [0.2, 0.25) is 0 Å². The molecular formula is C22H22N2O5. The number of nitro benzene ring substituents is 1. The van der Waals surface area contributed by atoms with E-state index in [2.05, 4.69) is 17.5 Å². The zero-order valence-electron chi connectivity index (χ0n) is 16.3. The summed E-state index contributed by atoms with van der Waals surface area (Å²) < 4.78 is 10.3. The summed E-state index contributed by atoms with van der Waals surface area (Å²) in [7, 11) is 1.43. The number of ether oxygens (including phenoxy) is 2. The summed E-state index contributed by atoms with van der Waals surface area (Å²) in [6.07, 6.45) is 5.14. The van der Waals surface area contributed by atoms with Gasteiger partial charge in [-0.3, -0.25) is 10.1 Å². The molecule has 150 valence electrons. The van der Waals surface area contributed by atoms with Gasteiger partial charge in [-0.15, -0.1) is 0 Å². The van der Waals surface area contributed by atoms with Crippen LogP contribution < -0.4 is 10.1 Å². The Morgan fingerprint density at radius 1 is 1.28 bits per heavy atom. The highest BCUT2D eigenvalue weighted by atomic mass is 16.6. The molecule has 0 bridgehead atoms. The number of nitrogens with one attached hydrogen (secondary N) is 1. The minimum atomic E-state index is -0.422. The predicted octanol–water partition coefficient (Wildman–Crippen LogP) is 4.61. The van der Waals surface area contributed by atoms with Crippen LogP contribution in [0.3, 0.4) is 0 Å². The van der Waals surface area contributed by atoms with Crippen LogP contribution in [0.4, 0.5) is 11.4 Å². The highest BCUT2D eigenvalue weighted by Crippen LogP contribution is 2.50. The number of allylic oxidation sites excluding steroid dienone is 2. The Hall–Kier alpha value is -3.35. The molecule has 3 atom stereocenters. The molecule has 0 radical (unpaired) electrons. The van der Waals surface area contributed by atoms with Gasteiger partial charge in [0.1, 0.15) is 0 Å². The van der Waals surface area contributed by atoms with E-state index in [4.69, 9.17) is 9.47 Å². The van der Waals surface area contributed by atoms with Crippen molar-refractivity contribution >= 4 is 17.3 Å². The van der Waals surface area contributed by atoms with Crippen molar-refractivity contribution in [3.05, 3.63) is 75.4 Å². The summed E-state index contributed by atoms with van der Waals surface area (Å²) >= 11 is 0. The van der Waals surface area contributed by atoms with Gasteiger partial charge < -0.3 is 14.8 Å². The van der Waals surface area contributed by atoms with Crippen LogP contribution >= 0.6 is 0 Å². The van der Waals surface area contributed by atoms with Crippen molar-refractivity contribution in [1.82, 2.24) is 0 Å². The number of esters is 1. The van der Waals surface area contributed by atoms with Gasteiger partial charge in [0.2, 0.25) is 0 Å². The van der Waals surface area contributed by atoms with Crippen LogP contribution in [0.15, 0.2) is 48.6 Å². The summed E-state index contributed by atoms with van der Waals surface area (Å²) in [6, 6.07) is 10.5. The van der Waals surface area contributed by atoms with E-state index in [1.807, 2.05) is 18.2 Å². The van der Waals surface area contributed by atoms with Gasteiger partial charge in [-0.2, -0.15) is 0 Å². The van der Waals surface area contributed by atoms with Crippen molar-refractivity contribution in [1.29, 1.82) is 0 Å². The van der Waals surface area contributed by atoms with Crippen molar-refractivity contribution in [3.63, 3.8) is 0 Å². The van der Waals surface area contributed by atoms with Gasteiger partial charge in [0, 0.05) is 17.7 Å². The molecule has 0 saturated heterocycles. The fourth-order valence-corrected chi connectivity index (χ4v) is 4.31. The lowest BCUT2D eigenvalue weighted by Crippen LogP contribution is -2.29. The highest BCUT2D eigenvalue weighted by Gasteiger charge is 2.39. The summed E-state index contributed by atoms with van der Waals surface area (Å²) in [6.45, 7) is 2.12. The van der Waals surface area contributed by atoms with Crippen molar-refractivity contribution < 1.29 is 19.2 Å². The molecule has 1 aliphatic heterocycles. The molecule has 0 unspecified atom stereocenters. The molecule has 2 aromatic rings. The number of hydrogen-bond acceptors (Lipinski definition) is 6. The van der Waals surface area contributed by atoms with E-state index in [0.717, 1.165) is 23.2 Å². The molecule has 29 heavy (non-hydrogen) atoms. The maximum absolute atomic E-state index is 12.1. The van der Waals surface area contributed by atoms with Crippen molar-refractivity contribution in [3.8, 4) is 5.75 Å². The van der Waals surface area contributed by atoms with Crippen molar-refractivity contribution in [2.75, 3.05) is 19.0 Å². The third-order valence-electron chi connectivity index (χ3n) is 5.63. The standard InChI is InChI=1S/C22H22N2O5/c1-3-29-22(25)14-7-9-18-17(11-14)15-5-4-6-16(15)21(23-18)13-8-10-20(28-2)19(12-13)24(26)27/h4-5,7-12,15-16,21,23H,3,6H2,1-2H3/t15-,16-,21+/m1/s1. The van der Waals surface area contributed by atoms with Gasteiger partial charge >= 0.3 is 11.7 Å². The average Bonchev–Trinajstić information content (AvgIpc) is 3.22. The Morgan fingerprint density at radius 3 is 2.83 bits per heavy atom. The molecule has 0 spiro atoms. The lowest BCUT2D eigenvalue weighted by Gasteiger charge is -2.37. The van der Waals surface area contributed by atoms with E-state index in [-0.39, 0.29) is 35.3 Å². The quantitative estimate of drug-likeness (QED) is 0.345. The smallest absolute Gasteiger partial charge is 0.338 e. The largest absolute Gasteiger partial charge is 0.490 e. The molecule has 1 N–H and O–H groups in total. The molecule has 7 heteroatoms. The number of nitrogens with zero attached hydrogens (tertiary/aromatic N) is 1. The van der Waals surface area contributed by atoms with Crippen LogP contribution in [0.25, 0.3) is 0 Å². The molecule has 7 nitrogen and oxygen atoms in total. The molecule has 4 rings (SSSR count). The van der Waals surface area contributed by atoms with Crippen molar-refractivity contribution in [2.24, 2.45) is 5.92 Å². The Bertz CT molecular complexity index is 1000. The second-order valence-corrected chi connectivity index (χ2v) is 7.19. The van der Waals surface area contributed by atoms with E-state index >= 15 is 0 Å². The van der Waals surface area contributed by atoms with Gasteiger partial charge in [0.05, 0.1) is 30.2 Å². The Labute approximate surface area is 168 Å². The van der Waals surface area contributed by atoms with E-state index in [0.29, 0.717) is 12.2 Å². The summed E-state index contributed by atoms with van der Waals surface area (Å²) in [5, 5.41) is 15.0. The van der Waals surface area contributed by atoms with E-state index in [1.165, 1.54) is 7.11 Å². The second-order valence-electron chi connectivity index (χ2n) is 7.19. The molecule has 0 amide bonds. The first-order valence-corrected chi connectivity index (χ1v) is 9.60. The maximum atomic E-state index is 12.1. The van der Waals surface area contributed by atoms with E-state index < -0.39 is 4.92 Å². The van der Waals surface area contributed by atoms with E-state index in [1.54, 1.807) is 25.1 Å². The number of anilines is 1. The second kappa shape index (κ2) is 7.58. The molecule has 0 saturated carbocycles. The first-order chi connectivity index (χ1) is 14.0. The Morgan fingerprint density at radius 2 is 2.10 bits per heavy atom. The number of methoxy groups -OCH3 is 1. The molecular weight excluding hydrogens is 372 g/mol. The van der Waals surface area contributed by atoms with Gasteiger partial charge in [-0.1, -0.05) is 18.2 Å². The van der Waals surface area contributed by atoms with Crippen molar-refractivity contribution in [2.45, 2.75) is 25.3 Å². The molecule has 1 aliphatic carbocycles. The third kappa shape index (κ3) is 3.33. The molecule has 2 aliphatic rings. The number of rotatable bonds is 5. The lowest BCUT2D eigenvalue weighted by molar-refractivity contribution is -0.385. The maximum Gasteiger partial charge on any atom is 0.338 e. The van der Waals surface area contributed by atoms with Gasteiger partial charge in [-0.25, -0.2) is 4.79 Å². The summed E-state index contributed by atoms with van der Waals surface area (Å²) in [4.78, 5) is 23.2. The van der Waals surface area contributed by atoms with Crippen LogP contribution in [0, 0.1) is 16.0 Å². The Balaban J connectivity index is 1.72. The monoisotopic (exact) mass is 394 g/mol. The first-order valence-electron chi connectivity index (χ1n) is 9.60. The Kier molecular flexibility index (Phi) is 4.96. The normalized spacial score (nSPS) is 21.7. The fourth-order valence-electron chi connectivity index (χ4n) is 4.31. The number of fused-ring (bicyclic) bond motifs is 3. The predicted molar refractivity (Wildman–Crippen MR) is 108 cm³/mol. The number of carbonyl (C=O) groups excluding carboxylic acids is 1. The average molecular weight is 394 g/mol. The van der Waals surface area contributed by atoms with Crippen LogP contribution in [-0.4, -0.2) is 24.6 Å². The van der Waals surface area contributed by atoms with Crippen LogP contribution in [-0.2, 0) is 4.74 Å². The van der Waals surface area contributed by atoms with E-state index in [9.17, 15) is 14.9 Å². The SMILES string of the molecule is CCOC(=O)c1ccc2c(c1)[C@@H]1C=CC[C@H]1[C@H](c1ccc(OC)c([N+](=O)[O-])c1)N2. The molecule has 0 fully saturated rings. The summed E-state index contributed by atoms with van der Waals surface area (Å²) in [5.41, 5.74) is 3.31. The fraction of sp³-hybridized carbons (Fsp3) is 0.318. The number of benzene rings is 2. The summed E-state index contributed by atoms with van der Waals surface area (Å²) in [5.74, 6) is 0.247. The van der Waals surface area contributed by atoms with Gasteiger partial charge in [0.15, 0.2) is 5.75 Å². The number of hydrogen-bond donors (Lipinski definition) is 1.